The zero-order valence-electron chi connectivity index (χ0n) is 17.2. The van der Waals surface area contributed by atoms with E-state index in [4.69, 9.17) is 21.7 Å². The number of thiocarbonyl (C=S) groups is 1. The van der Waals surface area contributed by atoms with Gasteiger partial charge in [0.05, 0.1) is 13.3 Å². The van der Waals surface area contributed by atoms with E-state index in [1.54, 1.807) is 13.3 Å². The third kappa shape index (κ3) is 6.53. The van der Waals surface area contributed by atoms with Gasteiger partial charge in [0.25, 0.3) is 0 Å². The monoisotopic (exact) mass is 399 g/mol. The molecule has 0 amide bonds. The standard InChI is InChI=1S/C22H29N3O2S/c1-6-23-21(28)25-24-14-17-9-12-19(20(13-17)26-5)27-15-16-7-10-18(11-8-16)22(2,3)4/h7-14H,6,15H2,1-5H3,(H2,23,25,28)/b24-14+. The summed E-state index contributed by atoms with van der Waals surface area (Å²) in [6.45, 7) is 9.82. The van der Waals surface area contributed by atoms with Crippen LogP contribution in [0, 0.1) is 0 Å². The number of rotatable bonds is 7. The maximum Gasteiger partial charge on any atom is 0.186 e. The molecular weight excluding hydrogens is 370 g/mol. The third-order valence-corrected chi connectivity index (χ3v) is 4.35. The zero-order chi connectivity index (χ0) is 20.6. The molecule has 0 fully saturated rings. The second-order valence-electron chi connectivity index (χ2n) is 7.38. The lowest BCUT2D eigenvalue weighted by Gasteiger charge is -2.19. The lowest BCUT2D eigenvalue weighted by Crippen LogP contribution is -2.31. The smallest absolute Gasteiger partial charge is 0.186 e. The first-order chi connectivity index (χ1) is 13.3. The van der Waals surface area contributed by atoms with Crippen LogP contribution in [-0.4, -0.2) is 25.0 Å². The fourth-order valence-electron chi connectivity index (χ4n) is 2.51. The topological polar surface area (TPSA) is 54.9 Å². The molecule has 0 unspecified atom stereocenters. The highest BCUT2D eigenvalue weighted by molar-refractivity contribution is 7.80. The van der Waals surface area contributed by atoms with E-state index >= 15 is 0 Å². The van der Waals surface area contributed by atoms with Crippen molar-refractivity contribution in [3.05, 3.63) is 59.2 Å². The number of hydrogen-bond acceptors (Lipinski definition) is 4. The maximum atomic E-state index is 5.95. The van der Waals surface area contributed by atoms with Gasteiger partial charge in [-0.3, -0.25) is 5.43 Å². The van der Waals surface area contributed by atoms with Gasteiger partial charge in [-0.1, -0.05) is 45.0 Å². The summed E-state index contributed by atoms with van der Waals surface area (Å²) in [6, 6.07) is 14.2. The molecule has 0 heterocycles. The Balaban J connectivity index is 2.00. The van der Waals surface area contributed by atoms with Crippen LogP contribution < -0.4 is 20.2 Å². The van der Waals surface area contributed by atoms with Crippen molar-refractivity contribution in [2.24, 2.45) is 5.10 Å². The molecule has 0 aliphatic carbocycles. The minimum absolute atomic E-state index is 0.144. The van der Waals surface area contributed by atoms with Crippen molar-refractivity contribution in [3.8, 4) is 11.5 Å². The molecule has 150 valence electrons. The van der Waals surface area contributed by atoms with Crippen LogP contribution in [0.25, 0.3) is 0 Å². The molecule has 2 N–H and O–H groups in total. The van der Waals surface area contributed by atoms with Crippen molar-refractivity contribution in [1.82, 2.24) is 10.7 Å². The fourth-order valence-corrected chi connectivity index (χ4v) is 2.71. The number of ether oxygens (including phenoxy) is 2. The predicted molar refractivity (Wildman–Crippen MR) is 119 cm³/mol. The average Bonchev–Trinajstić information content (AvgIpc) is 2.66. The number of hydrogen-bond donors (Lipinski definition) is 2. The molecule has 2 aromatic rings. The maximum absolute atomic E-state index is 5.95. The Hall–Kier alpha value is -2.60. The van der Waals surface area contributed by atoms with Gasteiger partial charge >= 0.3 is 0 Å². The van der Waals surface area contributed by atoms with Gasteiger partial charge in [0.15, 0.2) is 16.6 Å². The van der Waals surface area contributed by atoms with E-state index in [0.29, 0.717) is 23.2 Å². The summed E-state index contributed by atoms with van der Waals surface area (Å²) in [4.78, 5) is 0. The Morgan fingerprint density at radius 3 is 2.43 bits per heavy atom. The van der Waals surface area contributed by atoms with Crippen molar-refractivity contribution in [2.75, 3.05) is 13.7 Å². The average molecular weight is 400 g/mol. The molecule has 0 saturated heterocycles. The van der Waals surface area contributed by atoms with Crippen molar-refractivity contribution < 1.29 is 9.47 Å². The van der Waals surface area contributed by atoms with Gasteiger partial charge in [0.1, 0.15) is 6.61 Å². The highest BCUT2D eigenvalue weighted by atomic mass is 32.1. The molecule has 2 rings (SSSR count). The molecule has 0 aromatic heterocycles. The Morgan fingerprint density at radius 1 is 1.11 bits per heavy atom. The van der Waals surface area contributed by atoms with E-state index in [9.17, 15) is 0 Å². The van der Waals surface area contributed by atoms with Crippen molar-refractivity contribution in [3.63, 3.8) is 0 Å². The molecule has 2 aromatic carbocycles. The van der Waals surface area contributed by atoms with E-state index < -0.39 is 0 Å². The Kier molecular flexibility index (Phi) is 7.81. The number of methoxy groups -OCH3 is 1. The molecule has 5 nitrogen and oxygen atoms in total. The largest absolute Gasteiger partial charge is 0.493 e. The number of benzene rings is 2. The fraction of sp³-hybridized carbons (Fsp3) is 0.364. The first-order valence-electron chi connectivity index (χ1n) is 9.30. The van der Waals surface area contributed by atoms with Crippen molar-refractivity contribution >= 4 is 23.5 Å². The molecule has 0 saturated carbocycles. The lowest BCUT2D eigenvalue weighted by atomic mass is 9.87. The molecule has 0 aliphatic heterocycles. The highest BCUT2D eigenvalue weighted by Crippen LogP contribution is 2.29. The van der Waals surface area contributed by atoms with Crippen LogP contribution >= 0.6 is 12.2 Å². The van der Waals surface area contributed by atoms with Crippen LogP contribution in [0.2, 0.25) is 0 Å². The third-order valence-electron chi connectivity index (χ3n) is 4.12. The van der Waals surface area contributed by atoms with Gasteiger partial charge in [0.2, 0.25) is 0 Å². The molecule has 0 atom stereocenters. The molecule has 28 heavy (non-hydrogen) atoms. The second-order valence-corrected chi connectivity index (χ2v) is 7.78. The Labute approximate surface area is 173 Å². The number of nitrogens with one attached hydrogen (secondary N) is 2. The van der Waals surface area contributed by atoms with Gasteiger partial charge in [-0.25, -0.2) is 0 Å². The SMILES string of the molecule is CCNC(=S)N/N=C/c1ccc(OCc2ccc(C(C)(C)C)cc2)c(OC)c1. The van der Waals surface area contributed by atoms with Gasteiger partial charge in [0, 0.05) is 6.54 Å². The van der Waals surface area contributed by atoms with Crippen LogP contribution in [0.3, 0.4) is 0 Å². The van der Waals surface area contributed by atoms with Crippen LogP contribution in [0.4, 0.5) is 0 Å². The summed E-state index contributed by atoms with van der Waals surface area (Å²) in [5.74, 6) is 1.35. The van der Waals surface area contributed by atoms with E-state index in [0.717, 1.165) is 17.7 Å². The molecular formula is C22H29N3O2S. The molecule has 6 heteroatoms. The first-order valence-corrected chi connectivity index (χ1v) is 9.71. The highest BCUT2D eigenvalue weighted by Gasteiger charge is 2.13. The van der Waals surface area contributed by atoms with Crippen LogP contribution in [0.15, 0.2) is 47.6 Å². The predicted octanol–water partition coefficient (Wildman–Crippen LogP) is 4.39. The number of hydrazone groups is 1. The van der Waals surface area contributed by atoms with Crippen LogP contribution in [0.1, 0.15) is 44.4 Å². The molecule has 0 bridgehead atoms. The van der Waals surface area contributed by atoms with Gasteiger partial charge in [-0.2, -0.15) is 5.10 Å². The normalized spacial score (nSPS) is 11.3. The van der Waals surface area contributed by atoms with Gasteiger partial charge < -0.3 is 14.8 Å². The summed E-state index contributed by atoms with van der Waals surface area (Å²) in [5.41, 5.74) is 6.21. The van der Waals surface area contributed by atoms with E-state index in [1.165, 1.54) is 5.56 Å². The van der Waals surface area contributed by atoms with E-state index in [2.05, 4.69) is 60.9 Å². The first kappa shape index (κ1) is 21.7. The molecule has 0 radical (unpaired) electrons. The van der Waals surface area contributed by atoms with Gasteiger partial charge in [-0.05, 0) is 59.4 Å². The summed E-state index contributed by atoms with van der Waals surface area (Å²) >= 11 is 5.07. The minimum atomic E-state index is 0.144. The van der Waals surface area contributed by atoms with E-state index in [1.807, 2.05) is 25.1 Å². The van der Waals surface area contributed by atoms with Crippen LogP contribution in [-0.2, 0) is 12.0 Å². The summed E-state index contributed by atoms with van der Waals surface area (Å²) in [5, 5.41) is 7.57. The zero-order valence-corrected chi connectivity index (χ0v) is 18.0. The molecule has 0 spiro atoms. The van der Waals surface area contributed by atoms with E-state index in [-0.39, 0.29) is 5.41 Å². The van der Waals surface area contributed by atoms with Crippen molar-refractivity contribution in [1.29, 1.82) is 0 Å². The summed E-state index contributed by atoms with van der Waals surface area (Å²) < 4.78 is 11.4. The number of nitrogens with zero attached hydrogens (tertiary/aromatic N) is 1. The lowest BCUT2D eigenvalue weighted by molar-refractivity contribution is 0.284. The van der Waals surface area contributed by atoms with Crippen LogP contribution in [0.5, 0.6) is 11.5 Å². The minimum Gasteiger partial charge on any atom is -0.493 e. The summed E-state index contributed by atoms with van der Waals surface area (Å²) in [6.07, 6.45) is 1.68. The second kappa shape index (κ2) is 10.1. The van der Waals surface area contributed by atoms with Crippen molar-refractivity contribution in [2.45, 2.75) is 39.7 Å². The quantitative estimate of drug-likeness (QED) is 0.411. The summed E-state index contributed by atoms with van der Waals surface area (Å²) in [7, 11) is 1.62. The Morgan fingerprint density at radius 2 is 1.82 bits per heavy atom. The van der Waals surface area contributed by atoms with Gasteiger partial charge in [-0.15, -0.1) is 0 Å². The molecule has 0 aliphatic rings. The Bertz CT molecular complexity index is 812.